The van der Waals surface area contributed by atoms with Crippen molar-refractivity contribution in [1.29, 1.82) is 0 Å². The number of anilines is 2. The van der Waals surface area contributed by atoms with E-state index in [1.807, 2.05) is 0 Å². The standard InChI is InChI=1S/C20H15F2N7O3S/c1-28-8-13(26-19(31)11-7-24-29-4-2-3-23-18(11)29)17(27-28)10-5-15-12(25-16(30)9-33-15)6-14(10)32-20(21)22/h2-8,20H,9H2,1H3,(H,25,30)(H,26,31). The van der Waals surface area contributed by atoms with Crippen molar-refractivity contribution >= 4 is 40.6 Å². The lowest BCUT2D eigenvalue weighted by Gasteiger charge is -2.20. The van der Waals surface area contributed by atoms with Gasteiger partial charge >= 0.3 is 6.61 Å². The maximum absolute atomic E-state index is 13.1. The normalized spacial score (nSPS) is 13.2. The third-order valence-corrected chi connectivity index (χ3v) is 5.84. The van der Waals surface area contributed by atoms with Crippen LogP contribution in [0.5, 0.6) is 5.75 Å². The van der Waals surface area contributed by atoms with Gasteiger partial charge in [-0.3, -0.25) is 14.3 Å². The molecule has 0 unspecified atom stereocenters. The summed E-state index contributed by atoms with van der Waals surface area (Å²) in [5.74, 6) is -0.724. The number of fused-ring (bicyclic) bond motifs is 2. The van der Waals surface area contributed by atoms with Crippen molar-refractivity contribution in [3.05, 3.63) is 48.5 Å². The summed E-state index contributed by atoms with van der Waals surface area (Å²) in [6.07, 6.45) is 6.14. The number of amides is 2. The van der Waals surface area contributed by atoms with Gasteiger partial charge in [0.15, 0.2) is 5.65 Å². The molecule has 2 amide bonds. The highest BCUT2D eigenvalue weighted by Crippen LogP contribution is 2.43. The Bertz CT molecular complexity index is 1400. The molecule has 0 aliphatic carbocycles. The second kappa shape index (κ2) is 8.16. The molecule has 1 aliphatic heterocycles. The predicted molar refractivity (Wildman–Crippen MR) is 116 cm³/mol. The maximum atomic E-state index is 13.1. The molecule has 0 saturated heterocycles. The Morgan fingerprint density at radius 2 is 2.21 bits per heavy atom. The molecule has 0 fully saturated rings. The number of nitrogens with one attached hydrogen (secondary N) is 2. The first-order chi connectivity index (χ1) is 15.9. The minimum absolute atomic E-state index is 0.182. The highest BCUT2D eigenvalue weighted by atomic mass is 32.2. The molecule has 13 heteroatoms. The number of ether oxygens (including phenoxy) is 1. The van der Waals surface area contributed by atoms with Gasteiger partial charge in [-0.15, -0.1) is 11.8 Å². The molecule has 5 rings (SSSR count). The topological polar surface area (TPSA) is 115 Å². The van der Waals surface area contributed by atoms with Crippen LogP contribution < -0.4 is 15.4 Å². The lowest BCUT2D eigenvalue weighted by Crippen LogP contribution is -2.19. The molecular weight excluding hydrogens is 456 g/mol. The number of halogens is 2. The second-order valence-electron chi connectivity index (χ2n) is 7.03. The summed E-state index contributed by atoms with van der Waals surface area (Å²) in [5.41, 5.74) is 1.72. The van der Waals surface area contributed by atoms with E-state index in [0.717, 1.165) is 0 Å². The summed E-state index contributed by atoms with van der Waals surface area (Å²) in [6.45, 7) is -3.10. The molecule has 1 aromatic carbocycles. The third kappa shape index (κ3) is 3.98. The average molecular weight is 471 g/mol. The van der Waals surface area contributed by atoms with Gasteiger partial charge in [0, 0.05) is 42.2 Å². The Kier molecular flexibility index (Phi) is 5.17. The van der Waals surface area contributed by atoms with Crippen LogP contribution in [0.2, 0.25) is 0 Å². The quantitative estimate of drug-likeness (QED) is 0.460. The smallest absolute Gasteiger partial charge is 0.387 e. The van der Waals surface area contributed by atoms with Crippen molar-refractivity contribution in [2.45, 2.75) is 11.5 Å². The zero-order valence-electron chi connectivity index (χ0n) is 17.0. The van der Waals surface area contributed by atoms with Gasteiger partial charge in [-0.1, -0.05) is 0 Å². The van der Waals surface area contributed by atoms with Crippen LogP contribution in [0.15, 0.2) is 47.9 Å². The molecule has 1 aliphatic rings. The van der Waals surface area contributed by atoms with Crippen LogP contribution in [0.1, 0.15) is 10.4 Å². The van der Waals surface area contributed by atoms with Crippen molar-refractivity contribution in [2.24, 2.45) is 7.05 Å². The Labute approximate surface area is 188 Å². The van der Waals surface area contributed by atoms with Crippen molar-refractivity contribution < 1.29 is 23.1 Å². The van der Waals surface area contributed by atoms with Crippen LogP contribution in [0.4, 0.5) is 20.2 Å². The maximum Gasteiger partial charge on any atom is 0.387 e. The molecule has 168 valence electrons. The first kappa shape index (κ1) is 20.9. The molecule has 0 radical (unpaired) electrons. The van der Waals surface area contributed by atoms with Gasteiger partial charge in [-0.05, 0) is 12.1 Å². The van der Waals surface area contributed by atoms with Crippen molar-refractivity contribution in [3.8, 4) is 17.0 Å². The molecule has 0 atom stereocenters. The molecule has 0 bridgehead atoms. The van der Waals surface area contributed by atoms with E-state index in [9.17, 15) is 18.4 Å². The minimum atomic E-state index is -3.10. The molecule has 10 nitrogen and oxygen atoms in total. The first-order valence-electron chi connectivity index (χ1n) is 9.58. The number of benzene rings is 1. The number of aromatic nitrogens is 5. The zero-order valence-corrected chi connectivity index (χ0v) is 17.8. The van der Waals surface area contributed by atoms with Gasteiger partial charge in [0.1, 0.15) is 17.0 Å². The van der Waals surface area contributed by atoms with E-state index in [4.69, 9.17) is 4.74 Å². The van der Waals surface area contributed by atoms with E-state index in [1.54, 1.807) is 37.8 Å². The summed E-state index contributed by atoms with van der Waals surface area (Å²) in [5, 5.41) is 13.9. The van der Waals surface area contributed by atoms with Crippen LogP contribution in [0, 0.1) is 0 Å². The van der Waals surface area contributed by atoms with Crippen LogP contribution in [0.25, 0.3) is 16.9 Å². The van der Waals surface area contributed by atoms with Crippen LogP contribution in [-0.4, -0.2) is 48.6 Å². The number of aryl methyl sites for hydroxylation is 1. The monoisotopic (exact) mass is 471 g/mol. The van der Waals surface area contributed by atoms with Crippen LogP contribution >= 0.6 is 11.8 Å². The van der Waals surface area contributed by atoms with Gasteiger partial charge in [-0.25, -0.2) is 9.50 Å². The zero-order chi connectivity index (χ0) is 23.1. The molecule has 4 aromatic rings. The van der Waals surface area contributed by atoms with Crippen molar-refractivity contribution in [1.82, 2.24) is 24.4 Å². The summed E-state index contributed by atoms with van der Waals surface area (Å²) >= 11 is 1.26. The summed E-state index contributed by atoms with van der Waals surface area (Å²) in [4.78, 5) is 29.5. The van der Waals surface area contributed by atoms with Gasteiger partial charge in [0.25, 0.3) is 5.91 Å². The Balaban J connectivity index is 1.56. The van der Waals surface area contributed by atoms with E-state index >= 15 is 0 Å². The molecule has 2 N–H and O–H groups in total. The molecule has 0 saturated carbocycles. The van der Waals surface area contributed by atoms with Crippen LogP contribution in [-0.2, 0) is 11.8 Å². The Hall–Kier alpha value is -4.00. The number of thioether (sulfide) groups is 1. The first-order valence-corrected chi connectivity index (χ1v) is 10.6. The van der Waals surface area contributed by atoms with Gasteiger partial charge in [0.05, 0.1) is 23.3 Å². The van der Waals surface area contributed by atoms with Gasteiger partial charge in [0.2, 0.25) is 5.91 Å². The number of carbonyl (C=O) groups is 2. The lowest BCUT2D eigenvalue weighted by molar-refractivity contribution is -0.113. The van der Waals surface area contributed by atoms with E-state index in [0.29, 0.717) is 16.2 Å². The SMILES string of the molecule is Cn1cc(NC(=O)c2cnn3cccnc23)c(-c2cc3c(cc2OC(F)F)NC(=O)CS3)n1. The third-order valence-electron chi connectivity index (χ3n) is 4.79. The molecule has 0 spiro atoms. The fourth-order valence-electron chi connectivity index (χ4n) is 3.44. The van der Waals surface area contributed by atoms with Crippen molar-refractivity contribution in [2.75, 3.05) is 16.4 Å². The molecular formula is C20H15F2N7O3S. The number of carbonyl (C=O) groups excluding carboxylic acids is 2. The fourth-order valence-corrected chi connectivity index (χ4v) is 4.27. The molecule has 3 aromatic heterocycles. The fraction of sp³-hybridized carbons (Fsp3) is 0.150. The van der Waals surface area contributed by atoms with E-state index < -0.39 is 12.5 Å². The molecule has 33 heavy (non-hydrogen) atoms. The number of nitrogens with zero attached hydrogens (tertiary/aromatic N) is 5. The highest BCUT2D eigenvalue weighted by molar-refractivity contribution is 8.00. The van der Waals surface area contributed by atoms with Crippen molar-refractivity contribution in [3.63, 3.8) is 0 Å². The number of rotatable bonds is 5. The number of hydrogen-bond donors (Lipinski definition) is 2. The van der Waals surface area contributed by atoms with Gasteiger partial charge in [-0.2, -0.15) is 19.0 Å². The summed E-state index contributed by atoms with van der Waals surface area (Å²) in [6, 6.07) is 4.62. The molecule has 4 heterocycles. The largest absolute Gasteiger partial charge is 0.434 e. The Morgan fingerprint density at radius 3 is 3.03 bits per heavy atom. The lowest BCUT2D eigenvalue weighted by atomic mass is 10.1. The number of hydrogen-bond acceptors (Lipinski definition) is 7. The van der Waals surface area contributed by atoms with Gasteiger partial charge < -0.3 is 15.4 Å². The van der Waals surface area contributed by atoms with E-state index in [1.165, 1.54) is 33.2 Å². The predicted octanol–water partition coefficient (Wildman–Crippen LogP) is 3.03. The van der Waals surface area contributed by atoms with E-state index in [-0.39, 0.29) is 39.9 Å². The van der Waals surface area contributed by atoms with Crippen LogP contribution in [0.3, 0.4) is 0 Å². The average Bonchev–Trinajstić information content (AvgIpc) is 3.36. The number of alkyl halides is 2. The highest BCUT2D eigenvalue weighted by Gasteiger charge is 2.25. The minimum Gasteiger partial charge on any atom is -0.434 e. The summed E-state index contributed by atoms with van der Waals surface area (Å²) in [7, 11) is 1.64. The Morgan fingerprint density at radius 1 is 1.36 bits per heavy atom. The van der Waals surface area contributed by atoms with E-state index in [2.05, 4.69) is 25.8 Å². The summed E-state index contributed by atoms with van der Waals surface area (Å²) < 4.78 is 33.9. The second-order valence-corrected chi connectivity index (χ2v) is 8.04.